The first-order valence-corrected chi connectivity index (χ1v) is 10.8. The average Bonchev–Trinajstić information content (AvgIpc) is 3.25. The van der Waals surface area contributed by atoms with Crippen LogP contribution >= 0.6 is 0 Å². The molecule has 0 saturated carbocycles. The lowest BCUT2D eigenvalue weighted by Gasteiger charge is -2.43. The van der Waals surface area contributed by atoms with Crippen LogP contribution in [0.2, 0.25) is 0 Å². The number of nitrogens with zero attached hydrogens (tertiary/aromatic N) is 5. The van der Waals surface area contributed by atoms with Gasteiger partial charge in [-0.3, -0.25) is 24.7 Å². The molecule has 7 nitrogen and oxygen atoms in total. The van der Waals surface area contributed by atoms with E-state index in [0.717, 1.165) is 43.0 Å². The number of halogens is 1. The van der Waals surface area contributed by atoms with Gasteiger partial charge in [-0.1, -0.05) is 6.07 Å². The molecule has 162 valence electrons. The maximum atomic E-state index is 14.1. The summed E-state index contributed by atoms with van der Waals surface area (Å²) in [6, 6.07) is 9.13. The van der Waals surface area contributed by atoms with E-state index in [1.165, 1.54) is 6.07 Å². The van der Waals surface area contributed by atoms with Crippen molar-refractivity contribution in [3.63, 3.8) is 0 Å². The van der Waals surface area contributed by atoms with Crippen molar-refractivity contribution in [2.45, 2.75) is 38.5 Å². The largest absolute Gasteiger partial charge is 0.312 e. The van der Waals surface area contributed by atoms with E-state index in [1.807, 2.05) is 23.7 Å². The SMILES string of the molecule is CN(Cc1ccn[nH]1)Cc1ccc2n(c1=O)C[C@H]1C[C@@H]2CN(Cc2ncccc2F)C1. The molecule has 0 unspecified atom stereocenters. The third-order valence-corrected chi connectivity index (χ3v) is 6.41. The Morgan fingerprint density at radius 3 is 2.87 bits per heavy atom. The molecule has 1 N–H and O–H groups in total. The van der Waals surface area contributed by atoms with Crippen molar-refractivity contribution in [3.8, 4) is 0 Å². The normalized spacial score (nSPS) is 20.7. The molecular formula is C23H27FN6O. The summed E-state index contributed by atoms with van der Waals surface area (Å²) in [7, 11) is 2.01. The molecule has 2 aliphatic rings. The van der Waals surface area contributed by atoms with Crippen molar-refractivity contribution in [1.82, 2.24) is 29.5 Å². The highest BCUT2D eigenvalue weighted by molar-refractivity contribution is 5.22. The lowest BCUT2D eigenvalue weighted by Crippen LogP contribution is -2.47. The molecule has 0 aliphatic carbocycles. The molecule has 0 amide bonds. The van der Waals surface area contributed by atoms with Crippen LogP contribution in [0, 0.1) is 11.7 Å². The van der Waals surface area contributed by atoms with Crippen molar-refractivity contribution < 1.29 is 4.39 Å². The Bertz CT molecular complexity index is 1110. The third-order valence-electron chi connectivity index (χ3n) is 6.41. The van der Waals surface area contributed by atoms with E-state index in [4.69, 9.17) is 0 Å². The summed E-state index contributed by atoms with van der Waals surface area (Å²) in [5.74, 6) is 0.441. The number of H-pyrrole nitrogens is 1. The molecule has 3 aromatic heterocycles. The first-order chi connectivity index (χ1) is 15.1. The van der Waals surface area contributed by atoms with E-state index in [-0.39, 0.29) is 11.4 Å². The van der Waals surface area contributed by atoms with Gasteiger partial charge in [0.25, 0.3) is 5.56 Å². The molecule has 5 heterocycles. The second kappa shape index (κ2) is 8.36. The number of aromatic amines is 1. The highest BCUT2D eigenvalue weighted by Crippen LogP contribution is 2.35. The summed E-state index contributed by atoms with van der Waals surface area (Å²) in [6.07, 6.45) is 4.46. The number of fused-ring (bicyclic) bond motifs is 4. The maximum absolute atomic E-state index is 14.1. The Morgan fingerprint density at radius 2 is 2.06 bits per heavy atom. The van der Waals surface area contributed by atoms with Crippen molar-refractivity contribution in [1.29, 1.82) is 0 Å². The summed E-state index contributed by atoms with van der Waals surface area (Å²) in [5, 5.41) is 6.94. The zero-order chi connectivity index (χ0) is 21.4. The molecule has 2 bridgehead atoms. The Labute approximate surface area is 180 Å². The van der Waals surface area contributed by atoms with Gasteiger partial charge in [0.1, 0.15) is 5.82 Å². The van der Waals surface area contributed by atoms with Gasteiger partial charge in [0, 0.05) is 74.5 Å². The highest BCUT2D eigenvalue weighted by atomic mass is 19.1. The van der Waals surface area contributed by atoms with Gasteiger partial charge in [0.15, 0.2) is 0 Å². The second-order valence-corrected chi connectivity index (χ2v) is 8.88. The Morgan fingerprint density at radius 1 is 1.16 bits per heavy atom. The number of aromatic nitrogens is 4. The summed E-state index contributed by atoms with van der Waals surface area (Å²) in [5.41, 5.74) is 3.56. The number of rotatable bonds is 6. The van der Waals surface area contributed by atoms with Gasteiger partial charge in [-0.05, 0) is 43.7 Å². The highest BCUT2D eigenvalue weighted by Gasteiger charge is 2.35. The molecule has 5 rings (SSSR count). The Kier molecular flexibility index (Phi) is 5.41. The van der Waals surface area contributed by atoms with Gasteiger partial charge >= 0.3 is 0 Å². The van der Waals surface area contributed by atoms with Crippen molar-refractivity contribution in [3.05, 3.63) is 81.5 Å². The number of likely N-dealkylation sites (tertiary alicyclic amines) is 1. The molecule has 2 aliphatic heterocycles. The molecule has 0 radical (unpaired) electrons. The van der Waals surface area contributed by atoms with Crippen molar-refractivity contribution in [2.24, 2.45) is 5.92 Å². The predicted octanol–water partition coefficient (Wildman–Crippen LogP) is 2.36. The van der Waals surface area contributed by atoms with Crippen LogP contribution in [-0.4, -0.2) is 49.7 Å². The molecule has 3 aromatic rings. The van der Waals surface area contributed by atoms with Crippen LogP contribution in [0.15, 0.2) is 47.5 Å². The minimum atomic E-state index is -0.251. The molecule has 8 heteroatoms. The standard InChI is InChI=1S/C23H27FN6O/c1-28(14-19-6-8-26-27-19)12-17-4-5-22-18-9-16(11-30(22)23(17)31)10-29(13-18)15-21-20(24)3-2-7-25-21/h2-8,16,18H,9-15H2,1H3,(H,26,27)/t16-,18+/m0/s1. The van der Waals surface area contributed by atoms with Gasteiger partial charge in [-0.2, -0.15) is 5.10 Å². The van der Waals surface area contributed by atoms with Crippen LogP contribution in [0.3, 0.4) is 0 Å². The fraction of sp³-hybridized carbons (Fsp3) is 0.435. The molecular weight excluding hydrogens is 395 g/mol. The molecule has 0 spiro atoms. The van der Waals surface area contributed by atoms with Crippen LogP contribution in [0.4, 0.5) is 4.39 Å². The van der Waals surface area contributed by atoms with Gasteiger partial charge in [0.2, 0.25) is 0 Å². The zero-order valence-electron chi connectivity index (χ0n) is 17.7. The quantitative estimate of drug-likeness (QED) is 0.661. The van der Waals surface area contributed by atoms with Gasteiger partial charge in [-0.25, -0.2) is 4.39 Å². The van der Waals surface area contributed by atoms with E-state index in [1.54, 1.807) is 18.5 Å². The first kappa shape index (κ1) is 20.1. The smallest absolute Gasteiger partial charge is 0.255 e. The van der Waals surface area contributed by atoms with E-state index in [0.29, 0.717) is 37.2 Å². The second-order valence-electron chi connectivity index (χ2n) is 8.88. The molecule has 2 atom stereocenters. The van der Waals surface area contributed by atoms with E-state index in [2.05, 4.69) is 31.0 Å². The van der Waals surface area contributed by atoms with Gasteiger partial charge in [0.05, 0.1) is 5.69 Å². The van der Waals surface area contributed by atoms with Crippen LogP contribution in [0.5, 0.6) is 0 Å². The number of pyridine rings is 2. The zero-order valence-corrected chi connectivity index (χ0v) is 17.7. The first-order valence-electron chi connectivity index (χ1n) is 10.8. The van der Waals surface area contributed by atoms with Crippen LogP contribution in [0.1, 0.15) is 35.0 Å². The number of nitrogens with one attached hydrogen (secondary N) is 1. The van der Waals surface area contributed by atoms with Gasteiger partial charge < -0.3 is 4.57 Å². The van der Waals surface area contributed by atoms with Crippen LogP contribution in [-0.2, 0) is 26.2 Å². The fourth-order valence-electron chi connectivity index (χ4n) is 5.10. The van der Waals surface area contributed by atoms with Crippen LogP contribution in [0.25, 0.3) is 0 Å². The number of hydrogen-bond acceptors (Lipinski definition) is 5. The molecule has 1 fully saturated rings. The predicted molar refractivity (Wildman–Crippen MR) is 115 cm³/mol. The number of hydrogen-bond donors (Lipinski definition) is 1. The minimum absolute atomic E-state index is 0.118. The molecule has 31 heavy (non-hydrogen) atoms. The topological polar surface area (TPSA) is 70.1 Å². The van der Waals surface area contributed by atoms with Crippen LogP contribution < -0.4 is 5.56 Å². The molecule has 1 saturated heterocycles. The third kappa shape index (κ3) is 4.18. The Balaban J connectivity index is 1.32. The Hall–Kier alpha value is -2.84. The average molecular weight is 423 g/mol. The summed E-state index contributed by atoms with van der Waals surface area (Å²) >= 11 is 0. The minimum Gasteiger partial charge on any atom is -0.312 e. The fourth-order valence-corrected chi connectivity index (χ4v) is 5.10. The lowest BCUT2D eigenvalue weighted by atomic mass is 9.83. The number of piperidine rings is 1. The lowest BCUT2D eigenvalue weighted by molar-refractivity contribution is 0.112. The van der Waals surface area contributed by atoms with Crippen molar-refractivity contribution >= 4 is 0 Å². The van der Waals surface area contributed by atoms with E-state index < -0.39 is 0 Å². The summed E-state index contributed by atoms with van der Waals surface area (Å²) in [6.45, 7) is 4.24. The van der Waals surface area contributed by atoms with Gasteiger partial charge in [-0.15, -0.1) is 0 Å². The maximum Gasteiger partial charge on any atom is 0.255 e. The summed E-state index contributed by atoms with van der Waals surface area (Å²) < 4.78 is 16.0. The van der Waals surface area contributed by atoms with Crippen molar-refractivity contribution in [2.75, 3.05) is 20.1 Å². The monoisotopic (exact) mass is 422 g/mol. The summed E-state index contributed by atoms with van der Waals surface area (Å²) in [4.78, 5) is 21.8. The van der Waals surface area contributed by atoms with E-state index in [9.17, 15) is 9.18 Å². The molecule has 0 aromatic carbocycles. The van der Waals surface area contributed by atoms with E-state index >= 15 is 0 Å².